The van der Waals surface area contributed by atoms with Gasteiger partial charge in [-0.1, -0.05) is 11.2 Å². The molecule has 0 atom stereocenters. The van der Waals surface area contributed by atoms with Crippen molar-refractivity contribution in [2.75, 3.05) is 5.73 Å². The fraction of sp³-hybridized carbons (Fsp3) is 0.0667. The van der Waals surface area contributed by atoms with Gasteiger partial charge in [0.1, 0.15) is 5.82 Å². The molecule has 2 N–H and O–H groups in total. The van der Waals surface area contributed by atoms with Crippen molar-refractivity contribution in [1.29, 1.82) is 0 Å². The van der Waals surface area contributed by atoms with Gasteiger partial charge < -0.3 is 10.3 Å². The zero-order chi connectivity index (χ0) is 15.0. The maximum atomic E-state index is 13.1. The highest BCUT2D eigenvalue weighted by molar-refractivity contribution is 9.10. The van der Waals surface area contributed by atoms with Crippen molar-refractivity contribution >= 4 is 21.6 Å². The van der Waals surface area contributed by atoms with Crippen LogP contribution in [0, 0.1) is 12.7 Å². The lowest BCUT2D eigenvalue weighted by atomic mass is 10.1. The predicted molar refractivity (Wildman–Crippen MR) is 82.0 cm³/mol. The zero-order valence-corrected chi connectivity index (χ0v) is 12.7. The van der Waals surface area contributed by atoms with Crippen LogP contribution in [0.25, 0.3) is 22.8 Å². The number of anilines is 1. The van der Waals surface area contributed by atoms with Crippen LogP contribution in [0.4, 0.5) is 10.1 Å². The lowest BCUT2D eigenvalue weighted by molar-refractivity contribution is 0.432. The minimum absolute atomic E-state index is 0.332. The maximum Gasteiger partial charge on any atom is 0.258 e. The van der Waals surface area contributed by atoms with E-state index < -0.39 is 0 Å². The summed E-state index contributed by atoms with van der Waals surface area (Å²) in [4.78, 5) is 4.36. The first-order valence-electron chi connectivity index (χ1n) is 6.21. The van der Waals surface area contributed by atoms with Crippen LogP contribution in [0.1, 0.15) is 5.56 Å². The number of benzene rings is 2. The summed E-state index contributed by atoms with van der Waals surface area (Å²) in [5.41, 5.74) is 8.86. The molecule has 0 aliphatic heterocycles. The van der Waals surface area contributed by atoms with E-state index in [9.17, 15) is 4.39 Å². The first-order valence-corrected chi connectivity index (χ1v) is 7.00. The van der Waals surface area contributed by atoms with E-state index in [-0.39, 0.29) is 5.82 Å². The van der Waals surface area contributed by atoms with E-state index in [1.807, 2.05) is 25.1 Å². The molecular formula is C15H11BrFN3O. The van der Waals surface area contributed by atoms with E-state index in [2.05, 4.69) is 26.1 Å². The van der Waals surface area contributed by atoms with Crippen LogP contribution >= 0.6 is 15.9 Å². The minimum atomic E-state index is -0.332. The van der Waals surface area contributed by atoms with Gasteiger partial charge in [0.25, 0.3) is 5.89 Å². The number of rotatable bonds is 2. The SMILES string of the molecule is Cc1c(N)cccc1-c1nc(-c2ccc(F)cc2Br)no1. The van der Waals surface area contributed by atoms with E-state index in [0.29, 0.717) is 27.4 Å². The molecule has 0 amide bonds. The number of nitrogens with two attached hydrogens (primary N) is 1. The first kappa shape index (κ1) is 13.8. The molecule has 0 saturated carbocycles. The fourth-order valence-corrected chi connectivity index (χ4v) is 2.53. The highest BCUT2D eigenvalue weighted by Crippen LogP contribution is 2.30. The van der Waals surface area contributed by atoms with E-state index >= 15 is 0 Å². The van der Waals surface area contributed by atoms with Gasteiger partial charge in [-0.05, 0) is 58.7 Å². The fourth-order valence-electron chi connectivity index (χ4n) is 2.00. The van der Waals surface area contributed by atoms with Crippen LogP contribution in [0.2, 0.25) is 0 Å². The van der Waals surface area contributed by atoms with Gasteiger partial charge >= 0.3 is 0 Å². The molecule has 0 aliphatic carbocycles. The average molecular weight is 348 g/mol. The van der Waals surface area contributed by atoms with E-state index in [4.69, 9.17) is 10.3 Å². The molecule has 0 unspecified atom stereocenters. The summed E-state index contributed by atoms with van der Waals surface area (Å²) in [6, 6.07) is 9.81. The van der Waals surface area contributed by atoms with Gasteiger partial charge in [0, 0.05) is 21.3 Å². The normalized spacial score (nSPS) is 10.8. The van der Waals surface area contributed by atoms with E-state index in [0.717, 1.165) is 11.1 Å². The number of nitrogen functional groups attached to an aromatic ring is 1. The quantitative estimate of drug-likeness (QED) is 0.705. The first-order chi connectivity index (χ1) is 10.1. The Labute approximate surface area is 128 Å². The van der Waals surface area contributed by atoms with Gasteiger partial charge in [-0.2, -0.15) is 4.98 Å². The van der Waals surface area contributed by atoms with E-state index in [1.54, 1.807) is 6.07 Å². The standard InChI is InChI=1S/C15H11BrFN3O/c1-8-10(3-2-4-13(8)18)15-19-14(20-21-15)11-6-5-9(17)7-12(11)16/h2-7H,18H2,1H3. The van der Waals surface area contributed by atoms with Gasteiger partial charge in [-0.25, -0.2) is 4.39 Å². The molecule has 0 spiro atoms. The number of hydrogen-bond donors (Lipinski definition) is 1. The summed E-state index contributed by atoms with van der Waals surface area (Å²) >= 11 is 3.29. The highest BCUT2D eigenvalue weighted by Gasteiger charge is 2.15. The molecule has 0 bridgehead atoms. The summed E-state index contributed by atoms with van der Waals surface area (Å²) in [6.45, 7) is 1.89. The van der Waals surface area contributed by atoms with Crippen LogP contribution < -0.4 is 5.73 Å². The summed E-state index contributed by atoms with van der Waals surface area (Å²) in [7, 11) is 0. The largest absolute Gasteiger partial charge is 0.398 e. The lowest BCUT2D eigenvalue weighted by Crippen LogP contribution is -1.92. The van der Waals surface area contributed by atoms with Gasteiger partial charge in [-0.15, -0.1) is 0 Å². The van der Waals surface area contributed by atoms with Crippen LogP contribution in [0.3, 0.4) is 0 Å². The lowest BCUT2D eigenvalue weighted by Gasteiger charge is -2.03. The molecule has 2 aromatic carbocycles. The Morgan fingerprint density at radius 1 is 1.19 bits per heavy atom. The molecule has 1 heterocycles. The minimum Gasteiger partial charge on any atom is -0.398 e. The highest BCUT2D eigenvalue weighted by atomic mass is 79.9. The molecule has 1 aromatic heterocycles. The Morgan fingerprint density at radius 2 is 2.00 bits per heavy atom. The molecule has 3 aromatic rings. The van der Waals surface area contributed by atoms with Crippen LogP contribution in [-0.2, 0) is 0 Å². The molecule has 0 fully saturated rings. The third-order valence-electron chi connectivity index (χ3n) is 3.20. The Kier molecular flexibility index (Phi) is 3.47. The number of halogens is 2. The predicted octanol–water partition coefficient (Wildman–Crippen LogP) is 4.20. The summed E-state index contributed by atoms with van der Waals surface area (Å²) in [5.74, 6) is 0.436. The molecule has 0 saturated heterocycles. The average Bonchev–Trinajstić information content (AvgIpc) is 2.91. The summed E-state index contributed by atoms with van der Waals surface area (Å²) in [6.07, 6.45) is 0. The van der Waals surface area contributed by atoms with Crippen molar-refractivity contribution in [3.8, 4) is 22.8 Å². The second kappa shape index (κ2) is 5.29. The van der Waals surface area contributed by atoms with Crippen LogP contribution in [0.5, 0.6) is 0 Å². The molecular weight excluding hydrogens is 337 g/mol. The Morgan fingerprint density at radius 3 is 2.76 bits per heavy atom. The maximum absolute atomic E-state index is 13.1. The van der Waals surface area contributed by atoms with Crippen molar-refractivity contribution < 1.29 is 8.91 Å². The van der Waals surface area contributed by atoms with Gasteiger partial charge in [0.15, 0.2) is 0 Å². The molecule has 6 heteroatoms. The Hall–Kier alpha value is -2.21. The Bertz CT molecular complexity index is 816. The van der Waals surface area contributed by atoms with Crippen molar-refractivity contribution in [3.63, 3.8) is 0 Å². The van der Waals surface area contributed by atoms with Gasteiger partial charge in [0.05, 0.1) is 0 Å². The molecule has 0 aliphatic rings. The molecule has 21 heavy (non-hydrogen) atoms. The third-order valence-corrected chi connectivity index (χ3v) is 3.86. The molecule has 0 radical (unpaired) electrons. The van der Waals surface area contributed by atoms with Crippen molar-refractivity contribution in [3.05, 3.63) is 52.3 Å². The van der Waals surface area contributed by atoms with Crippen molar-refractivity contribution in [2.24, 2.45) is 0 Å². The monoisotopic (exact) mass is 347 g/mol. The summed E-state index contributed by atoms with van der Waals surface area (Å²) in [5, 5.41) is 3.94. The number of nitrogens with zero attached hydrogens (tertiary/aromatic N) is 2. The second-order valence-corrected chi connectivity index (χ2v) is 5.42. The van der Waals surface area contributed by atoms with Crippen LogP contribution in [0.15, 0.2) is 45.4 Å². The molecule has 106 valence electrons. The molecule has 3 rings (SSSR count). The third kappa shape index (κ3) is 2.54. The Balaban J connectivity index is 2.06. The van der Waals surface area contributed by atoms with E-state index in [1.165, 1.54) is 12.1 Å². The number of hydrogen-bond acceptors (Lipinski definition) is 4. The van der Waals surface area contributed by atoms with Gasteiger partial charge in [0.2, 0.25) is 5.82 Å². The summed E-state index contributed by atoms with van der Waals surface area (Å²) < 4.78 is 19.0. The smallest absolute Gasteiger partial charge is 0.258 e. The topological polar surface area (TPSA) is 64.9 Å². The van der Waals surface area contributed by atoms with Crippen LogP contribution in [-0.4, -0.2) is 10.1 Å². The zero-order valence-electron chi connectivity index (χ0n) is 11.1. The second-order valence-electron chi connectivity index (χ2n) is 4.57. The number of aromatic nitrogens is 2. The van der Waals surface area contributed by atoms with Crippen molar-refractivity contribution in [2.45, 2.75) is 6.92 Å². The molecule has 4 nitrogen and oxygen atoms in total. The van der Waals surface area contributed by atoms with Crippen molar-refractivity contribution in [1.82, 2.24) is 10.1 Å². The van der Waals surface area contributed by atoms with Gasteiger partial charge in [-0.3, -0.25) is 0 Å².